The van der Waals surface area contributed by atoms with Crippen LogP contribution >= 0.6 is 0 Å². The molecule has 0 bridgehead atoms. The van der Waals surface area contributed by atoms with E-state index in [9.17, 15) is 9.90 Å². The Morgan fingerprint density at radius 1 is 1.41 bits per heavy atom. The average molecular weight is 238 g/mol. The number of nitrogens with one attached hydrogen (secondary N) is 1. The minimum Gasteiger partial charge on any atom is -0.389 e. The maximum Gasteiger partial charge on any atom is 0.231 e. The molecule has 1 atom stereocenters. The summed E-state index contributed by atoms with van der Waals surface area (Å²) in [6.07, 6.45) is -0.641. The standard InChI is InChI=1S/C12H18N2O3/c13-12(16)7-14-6-11(15)9-17-8-10-4-2-1-3-5-10/h1-5,11,14-15H,6-9H2,(H2,13,16). The van der Waals surface area contributed by atoms with Crippen LogP contribution in [0.2, 0.25) is 0 Å². The van der Waals surface area contributed by atoms with Gasteiger partial charge in [0.25, 0.3) is 0 Å². The molecule has 0 heterocycles. The highest BCUT2D eigenvalue weighted by Gasteiger charge is 2.04. The van der Waals surface area contributed by atoms with Crippen molar-refractivity contribution in [3.05, 3.63) is 35.9 Å². The maximum absolute atomic E-state index is 10.4. The van der Waals surface area contributed by atoms with Gasteiger partial charge in [0.15, 0.2) is 0 Å². The molecule has 17 heavy (non-hydrogen) atoms. The van der Waals surface area contributed by atoms with Crippen molar-refractivity contribution in [2.75, 3.05) is 19.7 Å². The fraction of sp³-hybridized carbons (Fsp3) is 0.417. The fourth-order valence-corrected chi connectivity index (χ4v) is 1.31. The lowest BCUT2D eigenvalue weighted by Crippen LogP contribution is -2.36. The van der Waals surface area contributed by atoms with Gasteiger partial charge in [-0.2, -0.15) is 0 Å². The van der Waals surface area contributed by atoms with E-state index in [1.165, 1.54) is 0 Å². The molecule has 5 heteroatoms. The summed E-state index contributed by atoms with van der Waals surface area (Å²) < 4.78 is 5.33. The van der Waals surface area contributed by atoms with Crippen LogP contribution in [0.3, 0.4) is 0 Å². The molecule has 4 N–H and O–H groups in total. The number of carbonyl (C=O) groups is 1. The van der Waals surface area contributed by atoms with Gasteiger partial charge >= 0.3 is 0 Å². The molecule has 0 aromatic heterocycles. The zero-order chi connectivity index (χ0) is 12.5. The number of aliphatic hydroxyl groups excluding tert-OH is 1. The molecule has 1 rings (SSSR count). The molecule has 0 aliphatic rings. The van der Waals surface area contributed by atoms with Gasteiger partial charge in [0.2, 0.25) is 5.91 Å². The van der Waals surface area contributed by atoms with Crippen LogP contribution in [0, 0.1) is 0 Å². The zero-order valence-electron chi connectivity index (χ0n) is 9.63. The SMILES string of the molecule is NC(=O)CNCC(O)COCc1ccccc1. The average Bonchev–Trinajstić information content (AvgIpc) is 2.30. The molecule has 1 unspecified atom stereocenters. The summed E-state index contributed by atoms with van der Waals surface area (Å²) in [5.74, 6) is -0.442. The summed E-state index contributed by atoms with van der Waals surface area (Å²) in [6.45, 7) is 1.04. The third kappa shape index (κ3) is 6.68. The number of rotatable bonds is 8. The van der Waals surface area contributed by atoms with Gasteiger partial charge in [-0.3, -0.25) is 4.79 Å². The van der Waals surface area contributed by atoms with E-state index in [0.29, 0.717) is 6.61 Å². The Morgan fingerprint density at radius 3 is 2.76 bits per heavy atom. The van der Waals surface area contributed by atoms with Crippen molar-refractivity contribution >= 4 is 5.91 Å². The third-order valence-corrected chi connectivity index (χ3v) is 2.10. The smallest absolute Gasteiger partial charge is 0.231 e. The molecule has 1 amide bonds. The first-order valence-corrected chi connectivity index (χ1v) is 5.47. The molecule has 0 aliphatic carbocycles. The number of hydrogen-bond acceptors (Lipinski definition) is 4. The largest absolute Gasteiger partial charge is 0.389 e. The second-order valence-electron chi connectivity index (χ2n) is 3.75. The first kappa shape index (κ1) is 13.6. The Kier molecular flexibility index (Phi) is 6.24. The Bertz CT molecular complexity index is 330. The van der Waals surface area contributed by atoms with Crippen LogP contribution in [0.5, 0.6) is 0 Å². The van der Waals surface area contributed by atoms with Crippen molar-refractivity contribution in [1.82, 2.24) is 5.32 Å². The summed E-state index contributed by atoms with van der Waals surface area (Å²) in [7, 11) is 0. The number of amides is 1. The van der Waals surface area contributed by atoms with Crippen molar-refractivity contribution in [3.8, 4) is 0 Å². The Labute approximate surface area is 101 Å². The molecule has 0 saturated carbocycles. The highest BCUT2D eigenvalue weighted by molar-refractivity contribution is 5.75. The summed E-state index contributed by atoms with van der Waals surface area (Å²) in [5.41, 5.74) is 6.00. The number of primary amides is 1. The van der Waals surface area contributed by atoms with E-state index in [-0.39, 0.29) is 19.7 Å². The normalized spacial score (nSPS) is 12.3. The van der Waals surface area contributed by atoms with Gasteiger partial charge in [0.05, 0.1) is 25.9 Å². The number of carbonyl (C=O) groups excluding carboxylic acids is 1. The number of aliphatic hydroxyl groups is 1. The van der Waals surface area contributed by atoms with Crippen molar-refractivity contribution in [3.63, 3.8) is 0 Å². The second-order valence-corrected chi connectivity index (χ2v) is 3.75. The molecule has 0 saturated heterocycles. The zero-order valence-corrected chi connectivity index (χ0v) is 9.63. The van der Waals surface area contributed by atoms with Gasteiger partial charge in [-0.05, 0) is 5.56 Å². The molecule has 0 fully saturated rings. The Morgan fingerprint density at radius 2 is 2.12 bits per heavy atom. The summed E-state index contributed by atoms with van der Waals surface area (Å²) in [6, 6.07) is 9.72. The van der Waals surface area contributed by atoms with E-state index in [2.05, 4.69) is 5.32 Å². The van der Waals surface area contributed by atoms with E-state index in [1.807, 2.05) is 30.3 Å². The van der Waals surface area contributed by atoms with Crippen molar-refractivity contribution in [2.24, 2.45) is 5.73 Å². The van der Waals surface area contributed by atoms with Gasteiger partial charge < -0.3 is 20.9 Å². The van der Waals surface area contributed by atoms with Crippen LogP contribution in [0.4, 0.5) is 0 Å². The molecule has 1 aromatic carbocycles. The van der Waals surface area contributed by atoms with Crippen LogP contribution in [-0.2, 0) is 16.1 Å². The van der Waals surface area contributed by atoms with Gasteiger partial charge in [0, 0.05) is 6.54 Å². The van der Waals surface area contributed by atoms with Gasteiger partial charge in [-0.25, -0.2) is 0 Å². The summed E-state index contributed by atoms with van der Waals surface area (Å²) in [5, 5.41) is 12.2. The number of ether oxygens (including phenoxy) is 1. The molecule has 5 nitrogen and oxygen atoms in total. The first-order chi connectivity index (χ1) is 8.18. The van der Waals surface area contributed by atoms with Gasteiger partial charge in [-0.15, -0.1) is 0 Å². The second kappa shape index (κ2) is 7.78. The highest BCUT2D eigenvalue weighted by atomic mass is 16.5. The first-order valence-electron chi connectivity index (χ1n) is 5.47. The monoisotopic (exact) mass is 238 g/mol. The topological polar surface area (TPSA) is 84.6 Å². The lowest BCUT2D eigenvalue weighted by atomic mass is 10.2. The van der Waals surface area contributed by atoms with Crippen LogP contribution in [0.1, 0.15) is 5.56 Å². The predicted molar refractivity (Wildman–Crippen MR) is 64.2 cm³/mol. The van der Waals surface area contributed by atoms with Crippen LogP contribution in [0.25, 0.3) is 0 Å². The van der Waals surface area contributed by atoms with Crippen LogP contribution in [0.15, 0.2) is 30.3 Å². The number of nitrogens with two attached hydrogens (primary N) is 1. The fourth-order valence-electron chi connectivity index (χ4n) is 1.31. The van der Waals surface area contributed by atoms with Gasteiger partial charge in [-0.1, -0.05) is 30.3 Å². The van der Waals surface area contributed by atoms with Crippen LogP contribution < -0.4 is 11.1 Å². The van der Waals surface area contributed by atoms with E-state index in [0.717, 1.165) is 5.56 Å². The minimum absolute atomic E-state index is 0.0652. The molecular weight excluding hydrogens is 220 g/mol. The highest BCUT2D eigenvalue weighted by Crippen LogP contribution is 2.00. The Hall–Kier alpha value is -1.43. The summed E-state index contributed by atoms with van der Waals surface area (Å²) >= 11 is 0. The molecule has 0 radical (unpaired) electrons. The Balaban J connectivity index is 2.08. The van der Waals surface area contributed by atoms with Crippen molar-refractivity contribution < 1.29 is 14.6 Å². The van der Waals surface area contributed by atoms with Crippen molar-refractivity contribution in [1.29, 1.82) is 0 Å². The maximum atomic E-state index is 10.4. The molecule has 1 aromatic rings. The van der Waals surface area contributed by atoms with E-state index in [1.54, 1.807) is 0 Å². The third-order valence-electron chi connectivity index (χ3n) is 2.10. The molecule has 94 valence electrons. The minimum atomic E-state index is -0.641. The van der Waals surface area contributed by atoms with E-state index < -0.39 is 12.0 Å². The van der Waals surface area contributed by atoms with E-state index >= 15 is 0 Å². The number of benzene rings is 1. The quantitative estimate of drug-likeness (QED) is 0.577. The molecule has 0 aliphatic heterocycles. The lowest BCUT2D eigenvalue weighted by Gasteiger charge is -2.11. The molecular formula is C12H18N2O3. The predicted octanol–water partition coefficient (Wildman–Crippen LogP) is -0.361. The van der Waals surface area contributed by atoms with Crippen LogP contribution in [-0.4, -0.2) is 36.8 Å². The van der Waals surface area contributed by atoms with Gasteiger partial charge in [0.1, 0.15) is 0 Å². The lowest BCUT2D eigenvalue weighted by molar-refractivity contribution is -0.117. The summed E-state index contributed by atoms with van der Waals surface area (Å²) in [4.78, 5) is 10.4. The van der Waals surface area contributed by atoms with Crippen molar-refractivity contribution in [2.45, 2.75) is 12.7 Å². The van der Waals surface area contributed by atoms with E-state index in [4.69, 9.17) is 10.5 Å². The molecule has 0 spiro atoms. The number of hydrogen-bond donors (Lipinski definition) is 3.